The summed E-state index contributed by atoms with van der Waals surface area (Å²) in [5, 5.41) is 5.28. The van der Waals surface area contributed by atoms with Crippen LogP contribution >= 0.6 is 0 Å². The molecule has 0 unspecified atom stereocenters. The molecule has 2 N–H and O–H groups in total. The molecule has 0 fully saturated rings. The summed E-state index contributed by atoms with van der Waals surface area (Å²) in [5.41, 5.74) is 3.28. The van der Waals surface area contributed by atoms with Crippen LogP contribution in [0.4, 0.5) is 4.79 Å². The lowest BCUT2D eigenvalue weighted by Crippen LogP contribution is -2.32. The highest BCUT2D eigenvalue weighted by Gasteiger charge is 2.05. The van der Waals surface area contributed by atoms with Gasteiger partial charge in [-0.15, -0.1) is 0 Å². The highest BCUT2D eigenvalue weighted by atomic mass is 16.5. The Morgan fingerprint density at radius 3 is 2.56 bits per heavy atom. The number of hydrogen-bond acceptors (Lipinski definition) is 2. The van der Waals surface area contributed by atoms with Gasteiger partial charge in [0.1, 0.15) is 5.75 Å². The van der Waals surface area contributed by atoms with E-state index in [2.05, 4.69) is 10.6 Å². The third-order valence-electron chi connectivity index (χ3n) is 2.52. The fourth-order valence-electron chi connectivity index (χ4n) is 1.52. The number of aryl methyl sites for hydroxylation is 2. The molecule has 0 aliphatic carbocycles. The number of carbonyl (C=O) groups is 1. The molecule has 0 aliphatic heterocycles. The molecular formula is C12H18N2O2. The van der Waals surface area contributed by atoms with E-state index in [1.165, 1.54) is 0 Å². The maximum absolute atomic E-state index is 11.1. The van der Waals surface area contributed by atoms with E-state index in [4.69, 9.17) is 4.74 Å². The Morgan fingerprint density at radius 1 is 1.31 bits per heavy atom. The van der Waals surface area contributed by atoms with Crippen LogP contribution in [0.25, 0.3) is 0 Å². The molecule has 16 heavy (non-hydrogen) atoms. The normalized spacial score (nSPS) is 9.75. The molecule has 0 atom stereocenters. The van der Waals surface area contributed by atoms with E-state index in [1.54, 1.807) is 14.2 Å². The van der Waals surface area contributed by atoms with E-state index in [1.807, 2.05) is 26.0 Å². The number of methoxy groups -OCH3 is 1. The van der Waals surface area contributed by atoms with Crippen LogP contribution in [0.5, 0.6) is 5.75 Å². The molecule has 0 aromatic heterocycles. The molecule has 0 spiro atoms. The van der Waals surface area contributed by atoms with Crippen molar-refractivity contribution in [2.24, 2.45) is 0 Å². The highest BCUT2D eigenvalue weighted by Crippen LogP contribution is 2.22. The zero-order valence-electron chi connectivity index (χ0n) is 10.2. The molecule has 0 bridgehead atoms. The number of hydrogen-bond donors (Lipinski definition) is 2. The smallest absolute Gasteiger partial charge is 0.314 e. The molecule has 1 aromatic carbocycles. The van der Waals surface area contributed by atoms with Gasteiger partial charge in [0.05, 0.1) is 7.11 Å². The van der Waals surface area contributed by atoms with E-state index in [9.17, 15) is 4.79 Å². The van der Waals surface area contributed by atoms with Crippen molar-refractivity contribution in [3.05, 3.63) is 28.8 Å². The fourth-order valence-corrected chi connectivity index (χ4v) is 1.52. The second-order valence-electron chi connectivity index (χ2n) is 3.68. The molecule has 0 saturated carbocycles. The van der Waals surface area contributed by atoms with Gasteiger partial charge in [-0.25, -0.2) is 4.79 Å². The maximum atomic E-state index is 11.1. The first-order chi connectivity index (χ1) is 7.58. The standard InChI is InChI=1S/C12H18N2O2/c1-8-6-11(16-4)9(2)5-10(8)7-14-12(15)13-3/h5-6H,7H2,1-4H3,(H2,13,14,15). The van der Waals surface area contributed by atoms with Crippen molar-refractivity contribution in [1.29, 1.82) is 0 Å². The predicted octanol–water partition coefficient (Wildman–Crippen LogP) is 1.74. The molecule has 0 heterocycles. The molecule has 0 radical (unpaired) electrons. The van der Waals surface area contributed by atoms with Crippen LogP contribution in [0.15, 0.2) is 12.1 Å². The number of carbonyl (C=O) groups excluding carboxylic acids is 1. The fraction of sp³-hybridized carbons (Fsp3) is 0.417. The van der Waals surface area contributed by atoms with E-state index in [0.29, 0.717) is 6.54 Å². The minimum Gasteiger partial charge on any atom is -0.496 e. The monoisotopic (exact) mass is 222 g/mol. The van der Waals surface area contributed by atoms with Crippen molar-refractivity contribution in [2.45, 2.75) is 20.4 Å². The molecule has 2 amide bonds. The third-order valence-corrected chi connectivity index (χ3v) is 2.52. The molecule has 0 saturated heterocycles. The first kappa shape index (κ1) is 12.4. The summed E-state index contributed by atoms with van der Waals surface area (Å²) in [6, 6.07) is 3.84. The quantitative estimate of drug-likeness (QED) is 0.818. The third kappa shape index (κ3) is 2.89. The average molecular weight is 222 g/mol. The summed E-state index contributed by atoms with van der Waals surface area (Å²) >= 11 is 0. The zero-order chi connectivity index (χ0) is 12.1. The van der Waals surface area contributed by atoms with Crippen LogP contribution in [0.2, 0.25) is 0 Å². The lowest BCUT2D eigenvalue weighted by atomic mass is 10.0. The Kier molecular flexibility index (Phi) is 4.17. The minimum atomic E-state index is -0.173. The summed E-state index contributed by atoms with van der Waals surface area (Å²) in [7, 11) is 3.26. The van der Waals surface area contributed by atoms with Gasteiger partial charge in [0.2, 0.25) is 0 Å². The number of benzene rings is 1. The van der Waals surface area contributed by atoms with Crippen molar-refractivity contribution < 1.29 is 9.53 Å². The van der Waals surface area contributed by atoms with Gasteiger partial charge < -0.3 is 15.4 Å². The van der Waals surface area contributed by atoms with Crippen LogP contribution in [0.1, 0.15) is 16.7 Å². The Labute approximate surface area is 96.0 Å². The topological polar surface area (TPSA) is 50.4 Å². The van der Waals surface area contributed by atoms with Crippen molar-refractivity contribution >= 4 is 6.03 Å². The molecule has 0 aliphatic rings. The van der Waals surface area contributed by atoms with E-state index in [-0.39, 0.29) is 6.03 Å². The largest absolute Gasteiger partial charge is 0.496 e. The lowest BCUT2D eigenvalue weighted by molar-refractivity contribution is 0.242. The molecule has 4 nitrogen and oxygen atoms in total. The summed E-state index contributed by atoms with van der Waals surface area (Å²) in [4.78, 5) is 11.1. The minimum absolute atomic E-state index is 0.173. The Balaban J connectivity index is 2.81. The molecule has 1 rings (SSSR count). The van der Waals surface area contributed by atoms with Crippen molar-refractivity contribution in [3.8, 4) is 5.75 Å². The van der Waals surface area contributed by atoms with Crippen LogP contribution in [-0.2, 0) is 6.54 Å². The zero-order valence-corrected chi connectivity index (χ0v) is 10.2. The number of ether oxygens (including phenoxy) is 1. The summed E-state index contributed by atoms with van der Waals surface area (Å²) < 4.78 is 5.23. The Bertz CT molecular complexity index is 389. The van der Waals surface area contributed by atoms with E-state index < -0.39 is 0 Å². The van der Waals surface area contributed by atoms with Gasteiger partial charge in [-0.2, -0.15) is 0 Å². The van der Waals surface area contributed by atoms with Crippen molar-refractivity contribution in [3.63, 3.8) is 0 Å². The van der Waals surface area contributed by atoms with Gasteiger partial charge in [-0.3, -0.25) is 0 Å². The second-order valence-corrected chi connectivity index (χ2v) is 3.68. The van der Waals surface area contributed by atoms with Crippen LogP contribution in [-0.4, -0.2) is 20.2 Å². The SMILES string of the molecule is CNC(=O)NCc1cc(C)c(OC)cc1C. The van der Waals surface area contributed by atoms with Gasteiger partial charge in [-0.05, 0) is 36.6 Å². The van der Waals surface area contributed by atoms with Crippen LogP contribution in [0, 0.1) is 13.8 Å². The van der Waals surface area contributed by atoms with Gasteiger partial charge in [0.25, 0.3) is 0 Å². The number of urea groups is 1. The number of rotatable bonds is 3. The Morgan fingerprint density at radius 2 is 2.00 bits per heavy atom. The van der Waals surface area contributed by atoms with Crippen LogP contribution < -0.4 is 15.4 Å². The van der Waals surface area contributed by atoms with Gasteiger partial charge in [0, 0.05) is 13.6 Å². The van der Waals surface area contributed by atoms with Gasteiger partial charge in [0.15, 0.2) is 0 Å². The predicted molar refractivity (Wildman–Crippen MR) is 63.8 cm³/mol. The van der Waals surface area contributed by atoms with E-state index in [0.717, 1.165) is 22.4 Å². The maximum Gasteiger partial charge on any atom is 0.314 e. The van der Waals surface area contributed by atoms with Crippen LogP contribution in [0.3, 0.4) is 0 Å². The molecular weight excluding hydrogens is 204 g/mol. The number of amides is 2. The Hall–Kier alpha value is -1.71. The van der Waals surface area contributed by atoms with Crippen molar-refractivity contribution in [2.75, 3.05) is 14.2 Å². The highest BCUT2D eigenvalue weighted by molar-refractivity contribution is 5.73. The average Bonchev–Trinajstić information content (AvgIpc) is 2.29. The molecule has 4 heteroatoms. The van der Waals surface area contributed by atoms with Gasteiger partial charge in [-0.1, -0.05) is 6.07 Å². The lowest BCUT2D eigenvalue weighted by Gasteiger charge is -2.12. The number of nitrogens with one attached hydrogen (secondary N) is 2. The molecule has 1 aromatic rings. The van der Waals surface area contributed by atoms with Gasteiger partial charge >= 0.3 is 6.03 Å². The summed E-state index contributed by atoms with van der Waals surface area (Å²) in [6.45, 7) is 4.51. The van der Waals surface area contributed by atoms with E-state index >= 15 is 0 Å². The first-order valence-corrected chi connectivity index (χ1v) is 5.18. The second kappa shape index (κ2) is 5.39. The molecule has 88 valence electrons. The summed E-state index contributed by atoms with van der Waals surface area (Å²) in [5.74, 6) is 0.876. The van der Waals surface area contributed by atoms with Crippen molar-refractivity contribution in [1.82, 2.24) is 10.6 Å². The first-order valence-electron chi connectivity index (χ1n) is 5.18. The summed E-state index contributed by atoms with van der Waals surface area (Å²) in [6.07, 6.45) is 0.